The molecule has 0 fully saturated rings. The summed E-state index contributed by atoms with van der Waals surface area (Å²) in [5.41, 5.74) is 1.86. The summed E-state index contributed by atoms with van der Waals surface area (Å²) in [7, 11) is -3.66. The van der Waals surface area contributed by atoms with Gasteiger partial charge in [0.15, 0.2) is 5.82 Å². The van der Waals surface area contributed by atoms with Gasteiger partial charge in [0.2, 0.25) is 16.0 Å². The van der Waals surface area contributed by atoms with E-state index in [9.17, 15) is 8.42 Å². The maximum atomic E-state index is 11.2. The summed E-state index contributed by atoms with van der Waals surface area (Å²) < 4.78 is 22.5. The Bertz CT molecular complexity index is 962. The van der Waals surface area contributed by atoms with Gasteiger partial charge >= 0.3 is 0 Å². The van der Waals surface area contributed by atoms with Gasteiger partial charge in [-0.25, -0.2) is 13.6 Å². The van der Waals surface area contributed by atoms with Crippen molar-refractivity contribution in [2.24, 2.45) is 5.14 Å². The fourth-order valence-electron chi connectivity index (χ4n) is 2.27. The van der Waals surface area contributed by atoms with E-state index in [1.54, 1.807) is 18.3 Å². The zero-order chi connectivity index (χ0) is 18.4. The van der Waals surface area contributed by atoms with E-state index in [1.165, 1.54) is 12.1 Å². The summed E-state index contributed by atoms with van der Waals surface area (Å²) in [4.78, 5) is 4.46. The third-order valence-electron chi connectivity index (χ3n) is 3.56. The average Bonchev–Trinajstić information content (AvgIpc) is 2.63. The van der Waals surface area contributed by atoms with Crippen molar-refractivity contribution < 1.29 is 8.42 Å². The quantitative estimate of drug-likeness (QED) is 0.580. The highest BCUT2D eigenvalue weighted by atomic mass is 32.2. The SMILES string of the molecule is NS(=O)(=O)c1ccc(CCNc2cnnc(Nc3ccccc3)n2)cc1. The number of sulfonamides is 1. The maximum Gasteiger partial charge on any atom is 0.249 e. The number of primary sulfonamides is 1. The average molecular weight is 370 g/mol. The van der Waals surface area contributed by atoms with Gasteiger partial charge in [0, 0.05) is 12.2 Å². The summed E-state index contributed by atoms with van der Waals surface area (Å²) in [5.74, 6) is 0.998. The van der Waals surface area contributed by atoms with Crippen molar-refractivity contribution in [1.29, 1.82) is 0 Å². The lowest BCUT2D eigenvalue weighted by Crippen LogP contribution is -2.12. The van der Waals surface area contributed by atoms with E-state index in [4.69, 9.17) is 5.14 Å². The van der Waals surface area contributed by atoms with E-state index in [1.807, 2.05) is 30.3 Å². The molecule has 26 heavy (non-hydrogen) atoms. The molecule has 0 spiro atoms. The van der Waals surface area contributed by atoms with Crippen molar-refractivity contribution in [3.63, 3.8) is 0 Å². The van der Waals surface area contributed by atoms with Crippen molar-refractivity contribution in [3.05, 3.63) is 66.4 Å². The van der Waals surface area contributed by atoms with E-state index in [0.717, 1.165) is 11.3 Å². The predicted octanol–water partition coefficient (Wildman–Crippen LogP) is 1.92. The second-order valence-corrected chi connectivity index (χ2v) is 7.08. The molecule has 0 bridgehead atoms. The molecule has 0 aliphatic rings. The van der Waals surface area contributed by atoms with Crippen LogP contribution in [0.3, 0.4) is 0 Å². The molecule has 0 radical (unpaired) electrons. The second kappa shape index (κ2) is 7.89. The monoisotopic (exact) mass is 370 g/mol. The van der Waals surface area contributed by atoms with Crippen LogP contribution in [0.4, 0.5) is 17.5 Å². The molecule has 1 heterocycles. The highest BCUT2D eigenvalue weighted by molar-refractivity contribution is 7.89. The van der Waals surface area contributed by atoms with Crippen molar-refractivity contribution in [3.8, 4) is 0 Å². The Hall–Kier alpha value is -3.04. The van der Waals surface area contributed by atoms with Crippen LogP contribution in [0, 0.1) is 0 Å². The molecular formula is C17H18N6O2S. The summed E-state index contributed by atoms with van der Waals surface area (Å²) in [6.45, 7) is 0.609. The van der Waals surface area contributed by atoms with Gasteiger partial charge in [0.25, 0.3) is 0 Å². The normalized spacial score (nSPS) is 11.1. The number of rotatable bonds is 7. The van der Waals surface area contributed by atoms with E-state index >= 15 is 0 Å². The van der Waals surface area contributed by atoms with Gasteiger partial charge in [-0.2, -0.15) is 10.1 Å². The Morgan fingerprint density at radius 3 is 2.42 bits per heavy atom. The highest BCUT2D eigenvalue weighted by Gasteiger charge is 2.06. The van der Waals surface area contributed by atoms with E-state index in [0.29, 0.717) is 24.7 Å². The molecule has 0 atom stereocenters. The van der Waals surface area contributed by atoms with Gasteiger partial charge < -0.3 is 10.6 Å². The lowest BCUT2D eigenvalue weighted by molar-refractivity contribution is 0.598. The Morgan fingerprint density at radius 1 is 1.00 bits per heavy atom. The number of para-hydroxylation sites is 1. The molecule has 0 aliphatic carbocycles. The first kappa shape index (κ1) is 17.8. The molecule has 0 saturated heterocycles. The van der Waals surface area contributed by atoms with Gasteiger partial charge in [-0.05, 0) is 36.2 Å². The first-order valence-electron chi connectivity index (χ1n) is 7.88. The van der Waals surface area contributed by atoms with Crippen LogP contribution in [0.15, 0.2) is 65.7 Å². The Balaban J connectivity index is 1.56. The second-order valence-electron chi connectivity index (χ2n) is 5.52. The molecule has 0 unspecified atom stereocenters. The predicted molar refractivity (Wildman–Crippen MR) is 99.6 cm³/mol. The number of hydrogen-bond acceptors (Lipinski definition) is 7. The van der Waals surface area contributed by atoms with Gasteiger partial charge in [0.1, 0.15) is 0 Å². The first-order chi connectivity index (χ1) is 12.5. The molecule has 3 aromatic rings. The zero-order valence-electron chi connectivity index (χ0n) is 13.8. The van der Waals surface area contributed by atoms with Crippen molar-refractivity contribution in [2.45, 2.75) is 11.3 Å². The third-order valence-corrected chi connectivity index (χ3v) is 4.49. The van der Waals surface area contributed by atoms with Crippen LogP contribution in [-0.2, 0) is 16.4 Å². The van der Waals surface area contributed by atoms with Crippen molar-refractivity contribution in [2.75, 3.05) is 17.2 Å². The molecule has 2 aromatic carbocycles. The smallest absolute Gasteiger partial charge is 0.249 e. The third kappa shape index (κ3) is 4.98. The minimum Gasteiger partial charge on any atom is -0.368 e. The molecule has 1 aromatic heterocycles. The Kier molecular flexibility index (Phi) is 5.40. The fourth-order valence-corrected chi connectivity index (χ4v) is 2.79. The highest BCUT2D eigenvalue weighted by Crippen LogP contribution is 2.13. The summed E-state index contributed by atoms with van der Waals surface area (Å²) in [6, 6.07) is 16.1. The van der Waals surface area contributed by atoms with Crippen LogP contribution in [-0.4, -0.2) is 30.1 Å². The molecule has 3 rings (SSSR count). The Morgan fingerprint density at radius 2 is 1.73 bits per heavy atom. The van der Waals surface area contributed by atoms with Crippen molar-refractivity contribution >= 4 is 27.5 Å². The van der Waals surface area contributed by atoms with E-state index in [-0.39, 0.29) is 4.90 Å². The topological polar surface area (TPSA) is 123 Å². The minimum absolute atomic E-state index is 0.103. The molecule has 0 aliphatic heterocycles. The molecule has 9 heteroatoms. The Labute approximate surface area is 151 Å². The molecule has 0 amide bonds. The number of nitrogens with two attached hydrogens (primary N) is 1. The van der Waals surface area contributed by atoms with Gasteiger partial charge in [0.05, 0.1) is 11.1 Å². The summed E-state index contributed by atoms with van der Waals surface area (Å²) in [6.07, 6.45) is 2.23. The standard InChI is InChI=1S/C17H18N6O2S/c18-26(24,25)15-8-6-13(7-9-15)10-11-19-16-12-20-23-17(22-16)21-14-4-2-1-3-5-14/h1-9,12H,10-11H2,(H2,18,24,25)(H2,19,21,22,23). The number of hydrogen-bond donors (Lipinski definition) is 3. The van der Waals surface area contributed by atoms with E-state index < -0.39 is 10.0 Å². The number of anilines is 3. The maximum absolute atomic E-state index is 11.2. The minimum atomic E-state index is -3.66. The van der Waals surface area contributed by atoms with Crippen LogP contribution in [0.25, 0.3) is 0 Å². The number of nitrogens with zero attached hydrogens (tertiary/aromatic N) is 3. The number of benzene rings is 2. The first-order valence-corrected chi connectivity index (χ1v) is 9.43. The van der Waals surface area contributed by atoms with Gasteiger partial charge in [-0.1, -0.05) is 30.3 Å². The van der Waals surface area contributed by atoms with E-state index in [2.05, 4.69) is 25.8 Å². The zero-order valence-corrected chi connectivity index (χ0v) is 14.6. The molecule has 0 saturated carbocycles. The summed E-state index contributed by atoms with van der Waals surface area (Å²) >= 11 is 0. The lowest BCUT2D eigenvalue weighted by atomic mass is 10.1. The fraction of sp³-hybridized carbons (Fsp3) is 0.118. The summed E-state index contributed by atoms with van der Waals surface area (Å²) in [5, 5.41) is 19.2. The van der Waals surface area contributed by atoms with Gasteiger partial charge in [-0.3, -0.25) is 0 Å². The largest absolute Gasteiger partial charge is 0.368 e. The van der Waals surface area contributed by atoms with Crippen LogP contribution < -0.4 is 15.8 Å². The van der Waals surface area contributed by atoms with Gasteiger partial charge in [-0.15, -0.1) is 5.10 Å². The lowest BCUT2D eigenvalue weighted by Gasteiger charge is -2.08. The number of nitrogens with one attached hydrogen (secondary N) is 2. The molecule has 8 nitrogen and oxygen atoms in total. The van der Waals surface area contributed by atoms with Crippen LogP contribution in [0.5, 0.6) is 0 Å². The van der Waals surface area contributed by atoms with Crippen LogP contribution in [0.1, 0.15) is 5.56 Å². The van der Waals surface area contributed by atoms with Crippen LogP contribution >= 0.6 is 0 Å². The molecular weight excluding hydrogens is 352 g/mol. The van der Waals surface area contributed by atoms with Crippen molar-refractivity contribution in [1.82, 2.24) is 15.2 Å². The number of aromatic nitrogens is 3. The van der Waals surface area contributed by atoms with Crippen LogP contribution in [0.2, 0.25) is 0 Å². The molecule has 4 N–H and O–H groups in total. The molecule has 134 valence electrons.